The molecular formula is C71H96O10S7. The monoisotopic (exact) mass is 1340 g/mol. The van der Waals surface area contributed by atoms with E-state index in [1.54, 1.807) is 137 Å². The van der Waals surface area contributed by atoms with Crippen LogP contribution in [0.1, 0.15) is 62.8 Å². The van der Waals surface area contributed by atoms with Crippen molar-refractivity contribution in [3.63, 3.8) is 0 Å². The van der Waals surface area contributed by atoms with Crippen LogP contribution in [0.4, 0.5) is 0 Å². The van der Waals surface area contributed by atoms with Gasteiger partial charge in [-0.1, -0.05) is 76.7 Å². The first kappa shape index (κ1) is 65.4. The molecule has 0 saturated carbocycles. The summed E-state index contributed by atoms with van der Waals surface area (Å²) in [6, 6.07) is 44.7. The predicted octanol–water partition coefficient (Wildman–Crippen LogP) is 21.1. The topological polar surface area (TPSA) is 92.3 Å². The molecule has 8 aromatic carbocycles. The van der Waals surface area contributed by atoms with E-state index in [-0.39, 0.29) is 7.43 Å². The van der Waals surface area contributed by atoms with E-state index >= 15 is 0 Å². The van der Waals surface area contributed by atoms with Crippen LogP contribution >= 0.6 is 82.3 Å². The number of hydrogen-bond donors (Lipinski definition) is 0. The Morgan fingerprint density at radius 2 is 0.864 bits per heavy atom. The smallest absolute Gasteiger partial charge is 0.174 e. The highest BCUT2D eigenvalue weighted by Gasteiger charge is 2.10. The second kappa shape index (κ2) is 46.5. The molecule has 0 radical (unpaired) electrons. The summed E-state index contributed by atoms with van der Waals surface area (Å²) in [5, 5.41) is 2.41. The van der Waals surface area contributed by atoms with Gasteiger partial charge in [-0.2, -0.15) is 0 Å². The fraction of sp³-hybridized carbons (Fsp3) is 0.352. The average Bonchev–Trinajstić information content (AvgIpc) is 0.836. The van der Waals surface area contributed by atoms with Crippen molar-refractivity contribution in [2.75, 3.05) is 113 Å². The number of methoxy groups -OCH3 is 10. The fourth-order valence-corrected chi connectivity index (χ4v) is 11.1. The summed E-state index contributed by atoms with van der Waals surface area (Å²) in [5.41, 5.74) is 0.493. The number of rotatable bonds is 20. The summed E-state index contributed by atoms with van der Waals surface area (Å²) in [6.45, 7) is 12.5. The zero-order valence-corrected chi connectivity index (χ0v) is 59.4. The van der Waals surface area contributed by atoms with Gasteiger partial charge in [0.1, 0.15) is 23.0 Å². The van der Waals surface area contributed by atoms with Crippen molar-refractivity contribution in [1.82, 2.24) is 0 Å². The Balaban J connectivity index is 0.000000567. The van der Waals surface area contributed by atoms with Gasteiger partial charge >= 0.3 is 0 Å². The molecule has 0 unspecified atom stereocenters. The summed E-state index contributed by atoms with van der Waals surface area (Å²) < 4.78 is 118. The molecule has 8 rings (SSSR count). The highest BCUT2D eigenvalue weighted by molar-refractivity contribution is 8.00. The molecule has 0 spiro atoms. The van der Waals surface area contributed by atoms with Crippen LogP contribution in [0.25, 0.3) is 10.8 Å². The van der Waals surface area contributed by atoms with Gasteiger partial charge < -0.3 is 47.4 Å². The number of fused-ring (bicyclic) bond motifs is 1. The van der Waals surface area contributed by atoms with Crippen LogP contribution in [0.3, 0.4) is 0 Å². The second-order valence-electron chi connectivity index (χ2n) is 17.4. The van der Waals surface area contributed by atoms with Crippen LogP contribution in [0.15, 0.2) is 174 Å². The minimum atomic E-state index is -2.00. The third-order valence-corrected chi connectivity index (χ3v) is 17.3. The van der Waals surface area contributed by atoms with Crippen molar-refractivity contribution in [1.29, 1.82) is 0 Å². The van der Waals surface area contributed by atoms with Crippen molar-refractivity contribution in [3.05, 3.63) is 162 Å². The Labute approximate surface area is 571 Å². The van der Waals surface area contributed by atoms with Gasteiger partial charge in [0.15, 0.2) is 34.5 Å². The highest BCUT2D eigenvalue weighted by atomic mass is 32.2. The van der Waals surface area contributed by atoms with Crippen LogP contribution < -0.4 is 47.4 Å². The molecule has 0 aliphatic carbocycles. The van der Waals surface area contributed by atoms with Gasteiger partial charge in [0.2, 0.25) is 0 Å². The van der Waals surface area contributed by atoms with E-state index < -0.39 is 23.3 Å². The number of aryl methyl sites for hydroxylation is 4. The molecule has 0 bridgehead atoms. The van der Waals surface area contributed by atoms with E-state index in [1.165, 1.54) is 69.1 Å². The van der Waals surface area contributed by atoms with Gasteiger partial charge in [0.25, 0.3) is 0 Å². The molecule has 0 heterocycles. The first-order chi connectivity index (χ1) is 45.1. The molecule has 0 N–H and O–H groups in total. The maximum absolute atomic E-state index is 7.55. The van der Waals surface area contributed by atoms with Crippen LogP contribution in [0, 0.1) is 27.7 Å². The average molecular weight is 1340 g/mol. The highest BCUT2D eigenvalue weighted by Crippen LogP contribution is 2.38. The van der Waals surface area contributed by atoms with Gasteiger partial charge in [0.05, 0.1) is 76.0 Å². The molecular weight excluding hydrogens is 1240 g/mol. The molecule has 0 aliphatic rings. The molecule has 3 atom stereocenters. The Hall–Kier alpha value is -5.53. The number of hydrogen-bond acceptors (Lipinski definition) is 17. The maximum Gasteiger partial charge on any atom is 0.174 e. The van der Waals surface area contributed by atoms with Gasteiger partial charge in [-0.25, -0.2) is 0 Å². The van der Waals surface area contributed by atoms with E-state index in [0.29, 0.717) is 40.2 Å². The Kier molecular flexibility index (Phi) is 34.6. The van der Waals surface area contributed by atoms with Gasteiger partial charge in [-0.3, -0.25) is 0 Å². The summed E-state index contributed by atoms with van der Waals surface area (Å²) >= 11 is 9.51. The maximum atomic E-state index is 7.55. The first-order valence-electron chi connectivity index (χ1n) is 31.2. The number of benzene rings is 8. The molecule has 0 fully saturated rings. The fourth-order valence-electron chi connectivity index (χ4n) is 7.44. The minimum absolute atomic E-state index is 0. The summed E-state index contributed by atoms with van der Waals surface area (Å²) in [5.74, 6) is 7.29. The lowest BCUT2D eigenvalue weighted by Gasteiger charge is -2.11. The normalized spacial score (nSPS) is 13.6. The van der Waals surface area contributed by atoms with Gasteiger partial charge in [-0.15, -0.1) is 82.3 Å². The molecule has 482 valence electrons. The Morgan fingerprint density at radius 1 is 0.375 bits per heavy atom. The molecule has 0 amide bonds. The molecule has 10 nitrogen and oxygen atoms in total. The van der Waals surface area contributed by atoms with Crippen molar-refractivity contribution < 1.29 is 59.7 Å². The lowest BCUT2D eigenvalue weighted by atomic mass is 10.1. The van der Waals surface area contributed by atoms with E-state index in [0.717, 1.165) is 83.2 Å². The number of para-hydroxylation sites is 1. The molecule has 17 heteroatoms. The van der Waals surface area contributed by atoms with E-state index in [1.807, 2.05) is 75.4 Å². The van der Waals surface area contributed by atoms with E-state index in [4.69, 9.17) is 59.7 Å². The predicted molar refractivity (Wildman–Crippen MR) is 390 cm³/mol. The van der Waals surface area contributed by atoms with Crippen molar-refractivity contribution in [2.24, 2.45) is 0 Å². The summed E-state index contributed by atoms with van der Waals surface area (Å²) in [7, 11) is 16.1. The third kappa shape index (κ3) is 27.3. The molecule has 88 heavy (non-hydrogen) atoms. The lowest BCUT2D eigenvalue weighted by molar-refractivity contribution is 0.348. The van der Waals surface area contributed by atoms with Crippen molar-refractivity contribution in [3.8, 4) is 57.5 Å². The number of thioether (sulfide) groups is 7. The molecule has 0 aliphatic heterocycles. The van der Waals surface area contributed by atoms with Crippen molar-refractivity contribution in [2.45, 2.75) is 90.2 Å². The van der Waals surface area contributed by atoms with Crippen LogP contribution in [-0.4, -0.2) is 113 Å². The van der Waals surface area contributed by atoms with Crippen LogP contribution in [0.2, 0.25) is 0 Å². The van der Waals surface area contributed by atoms with Crippen LogP contribution in [-0.2, 0) is 0 Å². The van der Waals surface area contributed by atoms with E-state index in [2.05, 4.69) is 80.3 Å². The quantitative estimate of drug-likeness (QED) is 0.0535. The summed E-state index contributed by atoms with van der Waals surface area (Å²) in [4.78, 5) is 6.93. The van der Waals surface area contributed by atoms with Crippen LogP contribution in [0.5, 0.6) is 57.5 Å². The second-order valence-corrected chi connectivity index (χ2v) is 23.8. The Morgan fingerprint density at radius 3 is 1.38 bits per heavy atom. The SMILES string of the molecule is C.COc1cc(SC)ccc1C.COc1cc(S[13CH3])cc2ccccc12.COc1ccc(C)c(S[13CH3])c1.[1H][13C@@]([2H])(C)Sc1cc(OC)c(OC)cc1C.[1H][13C]([1H])([2H])Sc1cc(OC)ccc1C.[1H][C@@]([2H])(C)Sc1cccc(OC)c1OC.[1H][C@]([2H])(C)Sc1ccc(OC)c(OC)c1. The van der Waals surface area contributed by atoms with E-state index in [9.17, 15) is 0 Å². The van der Waals surface area contributed by atoms with Crippen molar-refractivity contribution >= 4 is 93.1 Å². The first-order valence-corrected chi connectivity index (χ1v) is 33.6. The molecule has 8 aromatic rings. The zero-order chi connectivity index (χ0) is 72.6. The third-order valence-electron chi connectivity index (χ3n) is 12.0. The number of ether oxygens (including phenoxy) is 10. The molecule has 0 saturated heterocycles. The van der Waals surface area contributed by atoms with Gasteiger partial charge in [0, 0.05) is 47.1 Å². The van der Waals surface area contributed by atoms with Gasteiger partial charge in [-0.05, 0) is 188 Å². The summed E-state index contributed by atoms with van der Waals surface area (Å²) in [6.07, 6.45) is 4.20. The Bertz CT molecular complexity index is 3570. The minimum Gasteiger partial charge on any atom is -0.497 e. The standard InChI is InChI=1S/C12H12OS.C11H16O2S.2C10H14O2S.3C9H12OS.CH4/c1-13-12-8-10(14-2)7-9-5-3-4-6-11(9)12;1-5-14-11-7-10(13-4)9(12-3)6-8(11)2;1-4-13-8-5-6-9(11-2)10(7-8)12-3;1-4-13-9-7-5-6-8(11-2)10(9)12-3;1-7-4-5-8(11-3)6-9(7)10-2;2*1-7-4-5-8(10-2)6-9(7)11-3;/h3-8H,1-2H3;6-7H,5H2,1-4H3;2*5-7H,4H2,1-3H3;3*4-6H,1-3H3;1H4/i2+1;5+1DH;2*4DH;;3+1DH2;3+1;/t;5-;2*4-;;;;/m.101..../s1. The lowest BCUT2D eigenvalue weighted by Crippen LogP contribution is -1.92. The largest absolute Gasteiger partial charge is 0.497 e. The zero-order valence-electron chi connectivity index (χ0n) is 62.7. The molecule has 0 aromatic heterocycles.